The molecule has 1 aromatic rings. The van der Waals surface area contributed by atoms with Crippen LogP contribution in [0, 0.1) is 0 Å². The number of esters is 1. The lowest BCUT2D eigenvalue weighted by atomic mass is 9.87. The zero-order valence-corrected chi connectivity index (χ0v) is 14.7. The van der Waals surface area contributed by atoms with Crippen LogP contribution in [0.2, 0.25) is 0 Å². The van der Waals surface area contributed by atoms with Gasteiger partial charge in [0, 0.05) is 6.42 Å². The van der Waals surface area contributed by atoms with E-state index in [2.05, 4.69) is 37.6 Å². The van der Waals surface area contributed by atoms with Gasteiger partial charge in [0.25, 0.3) is 0 Å². The van der Waals surface area contributed by atoms with Gasteiger partial charge in [-0.2, -0.15) is 0 Å². The highest BCUT2D eigenvalue weighted by molar-refractivity contribution is 6.33. The Morgan fingerprint density at radius 1 is 1.00 bits per heavy atom. The average molecular weight is 320 g/mol. The van der Waals surface area contributed by atoms with Crippen molar-refractivity contribution in [3.8, 4) is 5.75 Å². The Balaban J connectivity index is 2.18. The van der Waals surface area contributed by atoms with E-state index in [1.54, 1.807) is 6.92 Å². The minimum Gasteiger partial charge on any atom is -0.494 e. The summed E-state index contributed by atoms with van der Waals surface area (Å²) in [5.74, 6) is -0.297. The molecule has 4 heteroatoms. The van der Waals surface area contributed by atoms with Crippen molar-refractivity contribution >= 4 is 11.8 Å². The molecule has 1 rings (SSSR count). The average Bonchev–Trinajstić information content (AvgIpc) is 2.50. The van der Waals surface area contributed by atoms with Gasteiger partial charge in [-0.25, -0.2) is 4.79 Å². The molecular formula is C19H28O4. The van der Waals surface area contributed by atoms with Crippen molar-refractivity contribution in [2.45, 2.75) is 58.8 Å². The first-order valence-electron chi connectivity index (χ1n) is 8.28. The lowest BCUT2D eigenvalue weighted by molar-refractivity contribution is -0.153. The molecule has 0 radical (unpaired) electrons. The van der Waals surface area contributed by atoms with Gasteiger partial charge < -0.3 is 9.47 Å². The first kappa shape index (κ1) is 19.2. The molecule has 0 aliphatic heterocycles. The van der Waals surface area contributed by atoms with E-state index in [-0.39, 0.29) is 18.4 Å². The molecule has 0 saturated heterocycles. The van der Waals surface area contributed by atoms with E-state index >= 15 is 0 Å². The van der Waals surface area contributed by atoms with Crippen LogP contribution in [0.3, 0.4) is 0 Å². The summed E-state index contributed by atoms with van der Waals surface area (Å²) >= 11 is 0. The van der Waals surface area contributed by atoms with Crippen LogP contribution in [0.4, 0.5) is 0 Å². The molecule has 128 valence electrons. The highest BCUT2D eigenvalue weighted by atomic mass is 16.5. The number of rotatable bonds is 9. The maximum Gasteiger partial charge on any atom is 0.374 e. The highest BCUT2D eigenvalue weighted by Crippen LogP contribution is 2.24. The summed E-state index contributed by atoms with van der Waals surface area (Å²) in [7, 11) is 0. The van der Waals surface area contributed by atoms with Crippen LogP contribution in [0.5, 0.6) is 5.75 Å². The molecule has 0 fully saturated rings. The smallest absolute Gasteiger partial charge is 0.374 e. The minimum absolute atomic E-state index is 0.143. The van der Waals surface area contributed by atoms with E-state index in [1.807, 2.05) is 12.1 Å². The number of carbonyl (C=O) groups is 2. The molecule has 23 heavy (non-hydrogen) atoms. The Bertz CT molecular complexity index is 497. The predicted octanol–water partition coefficient (Wildman–Crippen LogP) is 4.06. The fourth-order valence-electron chi connectivity index (χ4n) is 2.12. The second-order valence-electron chi connectivity index (χ2n) is 6.58. The van der Waals surface area contributed by atoms with Crippen LogP contribution in [0.25, 0.3) is 0 Å². The molecule has 0 aliphatic carbocycles. The number of ether oxygens (including phenoxy) is 2. The van der Waals surface area contributed by atoms with Gasteiger partial charge in [0.05, 0.1) is 13.2 Å². The van der Waals surface area contributed by atoms with Gasteiger partial charge in [0.2, 0.25) is 5.78 Å². The largest absolute Gasteiger partial charge is 0.494 e. The fraction of sp³-hybridized carbons (Fsp3) is 0.579. The van der Waals surface area contributed by atoms with E-state index in [0.29, 0.717) is 13.0 Å². The summed E-state index contributed by atoms with van der Waals surface area (Å²) in [4.78, 5) is 22.5. The van der Waals surface area contributed by atoms with Crippen molar-refractivity contribution in [1.29, 1.82) is 0 Å². The summed E-state index contributed by atoms with van der Waals surface area (Å²) in [5.41, 5.74) is 1.42. The van der Waals surface area contributed by atoms with Gasteiger partial charge in [-0.1, -0.05) is 32.9 Å². The molecule has 0 bridgehead atoms. The van der Waals surface area contributed by atoms with Gasteiger partial charge in [0.15, 0.2) is 0 Å². The van der Waals surface area contributed by atoms with E-state index < -0.39 is 11.8 Å². The summed E-state index contributed by atoms with van der Waals surface area (Å²) in [6.07, 6.45) is 2.64. The third-order valence-corrected chi connectivity index (χ3v) is 3.54. The van der Waals surface area contributed by atoms with Crippen molar-refractivity contribution in [3.05, 3.63) is 29.8 Å². The normalized spacial score (nSPS) is 11.1. The van der Waals surface area contributed by atoms with E-state index in [4.69, 9.17) is 4.74 Å². The summed E-state index contributed by atoms with van der Waals surface area (Å²) in [5, 5.41) is 0. The molecule has 4 nitrogen and oxygen atoms in total. The zero-order chi connectivity index (χ0) is 17.3. The van der Waals surface area contributed by atoms with Crippen molar-refractivity contribution in [2.75, 3.05) is 13.2 Å². The molecule has 0 aliphatic rings. The molecule has 0 heterocycles. The van der Waals surface area contributed by atoms with Gasteiger partial charge in [-0.05, 0) is 49.3 Å². The van der Waals surface area contributed by atoms with Gasteiger partial charge in [-0.3, -0.25) is 4.79 Å². The quantitative estimate of drug-likeness (QED) is 0.391. The molecule has 0 unspecified atom stereocenters. The molecule has 0 spiro atoms. The standard InChI is InChI=1S/C19H28O4/c1-5-22-18(21)17(20)9-7-6-8-14-23-16-12-10-15(11-13-16)19(2,3)4/h10-13H,5-9,14H2,1-4H3. The molecule has 0 N–H and O–H groups in total. The number of hydrogen-bond donors (Lipinski definition) is 0. The number of unbranched alkanes of at least 4 members (excludes halogenated alkanes) is 2. The second-order valence-corrected chi connectivity index (χ2v) is 6.58. The summed E-state index contributed by atoms with van der Waals surface area (Å²) in [6, 6.07) is 8.16. The zero-order valence-electron chi connectivity index (χ0n) is 14.7. The Kier molecular flexibility index (Phi) is 7.79. The van der Waals surface area contributed by atoms with Gasteiger partial charge >= 0.3 is 5.97 Å². The maximum absolute atomic E-state index is 11.4. The van der Waals surface area contributed by atoms with E-state index in [0.717, 1.165) is 18.6 Å². The summed E-state index contributed by atoms with van der Waals surface area (Å²) in [6.45, 7) is 9.09. The Morgan fingerprint density at radius 3 is 2.22 bits per heavy atom. The third-order valence-electron chi connectivity index (χ3n) is 3.54. The van der Waals surface area contributed by atoms with Crippen molar-refractivity contribution < 1.29 is 19.1 Å². The Morgan fingerprint density at radius 2 is 1.65 bits per heavy atom. The Hall–Kier alpha value is -1.84. The second kappa shape index (κ2) is 9.33. The van der Waals surface area contributed by atoms with Crippen LogP contribution in [0.15, 0.2) is 24.3 Å². The van der Waals surface area contributed by atoms with Crippen molar-refractivity contribution in [1.82, 2.24) is 0 Å². The van der Waals surface area contributed by atoms with Crippen LogP contribution in [-0.2, 0) is 19.7 Å². The van der Waals surface area contributed by atoms with Crippen LogP contribution in [0.1, 0.15) is 58.9 Å². The number of Topliss-reactive ketones (excluding diaryl/α,β-unsaturated/α-hetero) is 1. The third kappa shape index (κ3) is 7.31. The van der Waals surface area contributed by atoms with E-state index in [9.17, 15) is 9.59 Å². The minimum atomic E-state index is -0.720. The molecule has 0 amide bonds. The molecule has 1 aromatic carbocycles. The first-order chi connectivity index (χ1) is 10.8. The fourth-order valence-corrected chi connectivity index (χ4v) is 2.12. The lowest BCUT2D eigenvalue weighted by Gasteiger charge is -2.19. The van der Waals surface area contributed by atoms with Crippen LogP contribution in [-0.4, -0.2) is 25.0 Å². The highest BCUT2D eigenvalue weighted by Gasteiger charge is 2.14. The predicted molar refractivity (Wildman–Crippen MR) is 90.7 cm³/mol. The monoisotopic (exact) mass is 320 g/mol. The van der Waals surface area contributed by atoms with Crippen molar-refractivity contribution in [2.24, 2.45) is 0 Å². The molecule has 0 saturated carbocycles. The number of carbonyl (C=O) groups excluding carboxylic acids is 2. The SMILES string of the molecule is CCOC(=O)C(=O)CCCCCOc1ccc(C(C)(C)C)cc1. The number of benzene rings is 1. The van der Waals surface area contributed by atoms with Gasteiger partial charge in [0.1, 0.15) is 5.75 Å². The molecule has 0 aromatic heterocycles. The van der Waals surface area contributed by atoms with E-state index in [1.165, 1.54) is 5.56 Å². The van der Waals surface area contributed by atoms with Crippen LogP contribution >= 0.6 is 0 Å². The lowest BCUT2D eigenvalue weighted by Crippen LogP contribution is -2.16. The van der Waals surface area contributed by atoms with Gasteiger partial charge in [-0.15, -0.1) is 0 Å². The number of hydrogen-bond acceptors (Lipinski definition) is 4. The number of ketones is 1. The van der Waals surface area contributed by atoms with Crippen LogP contribution < -0.4 is 4.74 Å². The molecule has 0 atom stereocenters. The topological polar surface area (TPSA) is 52.6 Å². The Labute approximate surface area is 139 Å². The summed E-state index contributed by atoms with van der Waals surface area (Å²) < 4.78 is 10.4. The first-order valence-corrected chi connectivity index (χ1v) is 8.28. The maximum atomic E-state index is 11.4. The van der Waals surface area contributed by atoms with Crippen molar-refractivity contribution in [3.63, 3.8) is 0 Å². The molecular weight excluding hydrogens is 292 g/mol.